The molecule has 0 aliphatic heterocycles. The van der Waals surface area contributed by atoms with E-state index in [0.29, 0.717) is 5.56 Å². The Bertz CT molecular complexity index is 690. The molecular formula is C13H8BrClF2N2O2. The number of hydrogen-bond acceptors (Lipinski definition) is 3. The van der Waals surface area contributed by atoms with E-state index in [4.69, 9.17) is 11.6 Å². The number of nitrogens with zero attached hydrogens (tertiary/aromatic N) is 1. The molecule has 0 saturated carbocycles. The molecule has 2 aromatic rings. The van der Waals surface area contributed by atoms with Gasteiger partial charge in [0.15, 0.2) is 0 Å². The summed E-state index contributed by atoms with van der Waals surface area (Å²) in [6.07, 6.45) is 0. The van der Waals surface area contributed by atoms with Crippen molar-refractivity contribution in [1.82, 2.24) is 0 Å². The van der Waals surface area contributed by atoms with Gasteiger partial charge in [-0.15, -0.1) is 0 Å². The minimum atomic E-state index is -0.759. The zero-order chi connectivity index (χ0) is 15.6. The van der Waals surface area contributed by atoms with Gasteiger partial charge in [0.1, 0.15) is 22.3 Å². The minimum Gasteiger partial charge on any atom is -0.376 e. The largest absolute Gasteiger partial charge is 0.376 e. The second-order valence-corrected chi connectivity index (χ2v) is 5.46. The van der Waals surface area contributed by atoms with Crippen LogP contribution in [0.1, 0.15) is 5.56 Å². The summed E-state index contributed by atoms with van der Waals surface area (Å²) in [5.41, 5.74) is -0.0728. The highest BCUT2D eigenvalue weighted by Crippen LogP contribution is 2.27. The van der Waals surface area contributed by atoms with E-state index in [1.165, 1.54) is 18.2 Å². The first-order valence-electron chi connectivity index (χ1n) is 5.69. The van der Waals surface area contributed by atoms with Crippen LogP contribution in [0, 0.1) is 21.7 Å². The SMILES string of the molecule is O=[N+]([O-])c1cc(CNc2c(F)cc(Br)cc2F)ccc1Cl. The van der Waals surface area contributed by atoms with Crippen molar-refractivity contribution in [2.24, 2.45) is 0 Å². The lowest BCUT2D eigenvalue weighted by Crippen LogP contribution is -2.04. The molecule has 21 heavy (non-hydrogen) atoms. The molecule has 0 radical (unpaired) electrons. The van der Waals surface area contributed by atoms with Crippen molar-refractivity contribution < 1.29 is 13.7 Å². The summed E-state index contributed by atoms with van der Waals surface area (Å²) in [4.78, 5) is 10.2. The summed E-state index contributed by atoms with van der Waals surface area (Å²) in [5.74, 6) is -1.52. The Morgan fingerprint density at radius 1 is 1.24 bits per heavy atom. The van der Waals surface area contributed by atoms with Gasteiger partial charge in [-0.3, -0.25) is 10.1 Å². The predicted octanol–water partition coefficient (Wildman–Crippen LogP) is 4.90. The summed E-state index contributed by atoms with van der Waals surface area (Å²) >= 11 is 8.67. The molecule has 0 fully saturated rings. The fourth-order valence-corrected chi connectivity index (χ4v) is 2.30. The lowest BCUT2D eigenvalue weighted by Gasteiger charge is -2.09. The number of nitrogens with one attached hydrogen (secondary N) is 1. The second kappa shape index (κ2) is 6.36. The van der Waals surface area contributed by atoms with Crippen molar-refractivity contribution >= 4 is 38.9 Å². The molecule has 0 aliphatic carbocycles. The van der Waals surface area contributed by atoms with E-state index in [1.54, 1.807) is 0 Å². The van der Waals surface area contributed by atoms with Gasteiger partial charge in [0.25, 0.3) is 5.69 Å². The summed E-state index contributed by atoms with van der Waals surface area (Å²) in [7, 11) is 0. The first-order chi connectivity index (χ1) is 9.88. The Balaban J connectivity index is 2.21. The molecule has 0 aromatic heterocycles. The Labute approximate surface area is 132 Å². The van der Waals surface area contributed by atoms with Crippen LogP contribution in [0.25, 0.3) is 0 Å². The lowest BCUT2D eigenvalue weighted by molar-refractivity contribution is -0.384. The first kappa shape index (κ1) is 15.7. The van der Waals surface area contributed by atoms with Gasteiger partial charge in [0.2, 0.25) is 0 Å². The highest BCUT2D eigenvalue weighted by atomic mass is 79.9. The average molecular weight is 378 g/mol. The third-order valence-electron chi connectivity index (χ3n) is 2.68. The topological polar surface area (TPSA) is 55.2 Å². The number of rotatable bonds is 4. The number of halogens is 4. The van der Waals surface area contributed by atoms with Crippen LogP contribution in [0.3, 0.4) is 0 Å². The van der Waals surface area contributed by atoms with Gasteiger partial charge in [-0.05, 0) is 23.8 Å². The number of nitro groups is 1. The molecule has 0 heterocycles. The van der Waals surface area contributed by atoms with Crippen molar-refractivity contribution in [2.75, 3.05) is 5.32 Å². The van der Waals surface area contributed by atoms with Crippen molar-refractivity contribution in [3.05, 3.63) is 67.1 Å². The summed E-state index contributed by atoms with van der Waals surface area (Å²) < 4.78 is 27.5. The van der Waals surface area contributed by atoms with Crippen LogP contribution >= 0.6 is 27.5 Å². The van der Waals surface area contributed by atoms with Crippen LogP contribution in [-0.2, 0) is 6.54 Å². The maximum Gasteiger partial charge on any atom is 0.288 e. The van der Waals surface area contributed by atoms with Crippen LogP contribution in [0.4, 0.5) is 20.2 Å². The van der Waals surface area contributed by atoms with Gasteiger partial charge in [0, 0.05) is 17.1 Å². The van der Waals surface area contributed by atoms with Crippen LogP contribution in [0.2, 0.25) is 5.02 Å². The molecule has 0 atom stereocenters. The third kappa shape index (κ3) is 3.68. The maximum atomic E-state index is 13.6. The third-order valence-corrected chi connectivity index (χ3v) is 3.46. The normalized spacial score (nSPS) is 10.5. The molecular weight excluding hydrogens is 370 g/mol. The molecule has 2 rings (SSSR count). The molecule has 0 aliphatic rings. The molecule has 0 spiro atoms. The number of hydrogen-bond donors (Lipinski definition) is 1. The standard InChI is InChI=1S/C13H8BrClF2N2O2/c14-8-4-10(16)13(11(17)5-8)18-6-7-1-2-9(15)12(3-7)19(20)21/h1-5,18H,6H2. The summed E-state index contributed by atoms with van der Waals surface area (Å²) in [6, 6.07) is 6.40. The monoisotopic (exact) mass is 376 g/mol. The van der Waals surface area contributed by atoms with Gasteiger partial charge in [0.05, 0.1) is 4.92 Å². The molecule has 0 amide bonds. The maximum absolute atomic E-state index is 13.6. The highest BCUT2D eigenvalue weighted by molar-refractivity contribution is 9.10. The number of nitro benzene ring substituents is 1. The van der Waals surface area contributed by atoms with E-state index in [2.05, 4.69) is 21.2 Å². The fourth-order valence-electron chi connectivity index (χ4n) is 1.71. The fraction of sp³-hybridized carbons (Fsp3) is 0.0769. The zero-order valence-corrected chi connectivity index (χ0v) is 12.7. The molecule has 8 heteroatoms. The Morgan fingerprint density at radius 3 is 2.43 bits per heavy atom. The van der Waals surface area contributed by atoms with Crippen molar-refractivity contribution in [3.8, 4) is 0 Å². The molecule has 110 valence electrons. The van der Waals surface area contributed by atoms with Crippen molar-refractivity contribution in [3.63, 3.8) is 0 Å². The van der Waals surface area contributed by atoms with E-state index in [9.17, 15) is 18.9 Å². The van der Waals surface area contributed by atoms with Crippen LogP contribution in [0.5, 0.6) is 0 Å². The summed E-state index contributed by atoms with van der Waals surface area (Å²) in [6.45, 7) is 0.0213. The molecule has 1 N–H and O–H groups in total. The molecule has 2 aromatic carbocycles. The Hall–Kier alpha value is -1.73. The second-order valence-electron chi connectivity index (χ2n) is 4.14. The highest BCUT2D eigenvalue weighted by Gasteiger charge is 2.14. The Morgan fingerprint density at radius 2 is 1.86 bits per heavy atom. The van der Waals surface area contributed by atoms with Gasteiger partial charge in [-0.2, -0.15) is 0 Å². The minimum absolute atomic E-state index is 0.00440. The number of anilines is 1. The van der Waals surface area contributed by atoms with Crippen molar-refractivity contribution in [2.45, 2.75) is 6.54 Å². The van der Waals surface area contributed by atoms with E-state index in [-0.39, 0.29) is 27.4 Å². The van der Waals surface area contributed by atoms with Crippen LogP contribution in [0.15, 0.2) is 34.8 Å². The van der Waals surface area contributed by atoms with Crippen LogP contribution < -0.4 is 5.32 Å². The lowest BCUT2D eigenvalue weighted by atomic mass is 10.2. The van der Waals surface area contributed by atoms with E-state index >= 15 is 0 Å². The molecule has 4 nitrogen and oxygen atoms in total. The van der Waals surface area contributed by atoms with E-state index < -0.39 is 16.6 Å². The quantitative estimate of drug-likeness (QED) is 0.609. The predicted molar refractivity (Wildman–Crippen MR) is 79.5 cm³/mol. The first-order valence-corrected chi connectivity index (χ1v) is 6.87. The zero-order valence-electron chi connectivity index (χ0n) is 10.4. The van der Waals surface area contributed by atoms with Crippen LogP contribution in [-0.4, -0.2) is 4.92 Å². The molecule has 0 saturated heterocycles. The van der Waals surface area contributed by atoms with Gasteiger partial charge < -0.3 is 5.32 Å². The molecule has 0 unspecified atom stereocenters. The van der Waals surface area contributed by atoms with Gasteiger partial charge in [-0.25, -0.2) is 8.78 Å². The average Bonchev–Trinajstić information content (AvgIpc) is 2.38. The molecule has 0 bridgehead atoms. The van der Waals surface area contributed by atoms with Gasteiger partial charge in [-0.1, -0.05) is 33.6 Å². The van der Waals surface area contributed by atoms with E-state index in [1.807, 2.05) is 0 Å². The van der Waals surface area contributed by atoms with E-state index in [0.717, 1.165) is 12.1 Å². The van der Waals surface area contributed by atoms with Crippen molar-refractivity contribution in [1.29, 1.82) is 0 Å². The smallest absolute Gasteiger partial charge is 0.288 e. The number of benzene rings is 2. The Kier molecular flexibility index (Phi) is 4.74. The van der Waals surface area contributed by atoms with Gasteiger partial charge >= 0.3 is 0 Å². The summed E-state index contributed by atoms with van der Waals surface area (Å²) in [5, 5.41) is 13.3.